The third kappa shape index (κ3) is 3.79. The maximum absolute atomic E-state index is 11.8. The van der Waals surface area contributed by atoms with Crippen molar-refractivity contribution in [2.45, 2.75) is 38.5 Å². The average Bonchev–Trinajstić information content (AvgIpc) is 3.02. The van der Waals surface area contributed by atoms with E-state index in [9.17, 15) is 4.79 Å². The van der Waals surface area contributed by atoms with Gasteiger partial charge in [0.15, 0.2) is 11.0 Å². The Morgan fingerprint density at radius 3 is 2.91 bits per heavy atom. The fourth-order valence-corrected chi connectivity index (χ4v) is 2.76. The predicted octanol–water partition coefficient (Wildman–Crippen LogP) is 2.65. The second-order valence-electron chi connectivity index (χ2n) is 5.11. The lowest BCUT2D eigenvalue weighted by Crippen LogP contribution is -2.31. The Morgan fingerprint density at radius 1 is 1.55 bits per heavy atom. The van der Waals surface area contributed by atoms with Crippen molar-refractivity contribution in [2.75, 3.05) is 5.75 Å². The van der Waals surface area contributed by atoms with Crippen molar-refractivity contribution in [3.05, 3.63) is 30.7 Å². The standard InChI is InChI=1S/C15H20N4O2S/c1-5-7-19-14(12-6-8-21-11(12)4)17-18-15(19)22-9-13(20)16-10(2)3/h5-6,8,10H,1,7,9H2,2-4H3,(H,16,20). The average molecular weight is 320 g/mol. The third-order valence-electron chi connectivity index (χ3n) is 2.91. The van der Waals surface area contributed by atoms with Gasteiger partial charge in [-0.2, -0.15) is 0 Å². The van der Waals surface area contributed by atoms with E-state index in [1.54, 1.807) is 12.3 Å². The topological polar surface area (TPSA) is 73.0 Å². The number of thioether (sulfide) groups is 1. The van der Waals surface area contributed by atoms with Gasteiger partial charge in [-0.3, -0.25) is 9.36 Å². The lowest BCUT2D eigenvalue weighted by molar-refractivity contribution is -0.119. The second-order valence-corrected chi connectivity index (χ2v) is 6.05. The lowest BCUT2D eigenvalue weighted by Gasteiger charge is -2.09. The molecule has 1 N–H and O–H groups in total. The number of allylic oxidation sites excluding steroid dienone is 1. The monoisotopic (exact) mass is 320 g/mol. The van der Waals surface area contributed by atoms with E-state index in [-0.39, 0.29) is 11.9 Å². The molecule has 0 aromatic carbocycles. The van der Waals surface area contributed by atoms with Crippen LogP contribution in [0.25, 0.3) is 11.4 Å². The quantitative estimate of drug-likeness (QED) is 0.627. The van der Waals surface area contributed by atoms with Crippen molar-refractivity contribution >= 4 is 17.7 Å². The van der Waals surface area contributed by atoms with Gasteiger partial charge in [-0.05, 0) is 26.8 Å². The van der Waals surface area contributed by atoms with Crippen LogP contribution in [0.15, 0.2) is 34.6 Å². The van der Waals surface area contributed by atoms with Crippen LogP contribution in [-0.4, -0.2) is 32.5 Å². The van der Waals surface area contributed by atoms with Gasteiger partial charge in [0.2, 0.25) is 5.91 Å². The van der Waals surface area contributed by atoms with Gasteiger partial charge in [-0.25, -0.2) is 0 Å². The van der Waals surface area contributed by atoms with Gasteiger partial charge in [0, 0.05) is 12.6 Å². The number of carbonyl (C=O) groups is 1. The maximum atomic E-state index is 11.8. The molecule has 0 aliphatic carbocycles. The van der Waals surface area contributed by atoms with Crippen LogP contribution >= 0.6 is 11.8 Å². The van der Waals surface area contributed by atoms with Crippen molar-refractivity contribution in [3.8, 4) is 11.4 Å². The Hall–Kier alpha value is -2.02. The molecule has 2 rings (SSSR count). The van der Waals surface area contributed by atoms with Crippen LogP contribution in [0.1, 0.15) is 19.6 Å². The minimum absolute atomic E-state index is 0.0193. The number of aromatic nitrogens is 3. The molecule has 6 nitrogen and oxygen atoms in total. The van der Waals surface area contributed by atoms with E-state index in [0.29, 0.717) is 17.5 Å². The third-order valence-corrected chi connectivity index (χ3v) is 3.88. The van der Waals surface area contributed by atoms with E-state index in [1.165, 1.54) is 11.8 Å². The Morgan fingerprint density at radius 2 is 2.32 bits per heavy atom. The fraction of sp³-hybridized carbons (Fsp3) is 0.400. The van der Waals surface area contributed by atoms with Crippen molar-refractivity contribution in [3.63, 3.8) is 0 Å². The molecule has 0 aliphatic heterocycles. The Kier molecular flexibility index (Phi) is 5.43. The Balaban J connectivity index is 2.18. The first-order chi connectivity index (χ1) is 10.5. The number of rotatable bonds is 7. The van der Waals surface area contributed by atoms with Crippen molar-refractivity contribution < 1.29 is 9.21 Å². The molecule has 2 heterocycles. The molecule has 0 spiro atoms. The van der Waals surface area contributed by atoms with Crippen LogP contribution in [0, 0.1) is 6.92 Å². The van der Waals surface area contributed by atoms with E-state index in [2.05, 4.69) is 22.1 Å². The zero-order chi connectivity index (χ0) is 16.1. The zero-order valence-corrected chi connectivity index (χ0v) is 13.8. The molecular weight excluding hydrogens is 300 g/mol. The molecule has 22 heavy (non-hydrogen) atoms. The van der Waals surface area contributed by atoms with Gasteiger partial charge in [0.1, 0.15) is 5.76 Å². The van der Waals surface area contributed by atoms with E-state index in [0.717, 1.165) is 17.1 Å². The fourth-order valence-electron chi connectivity index (χ4n) is 2.00. The molecule has 0 fully saturated rings. The lowest BCUT2D eigenvalue weighted by atomic mass is 10.2. The molecule has 2 aromatic heterocycles. The number of amides is 1. The number of carbonyl (C=O) groups excluding carboxylic acids is 1. The zero-order valence-electron chi connectivity index (χ0n) is 13.0. The summed E-state index contributed by atoms with van der Waals surface area (Å²) in [7, 11) is 0. The summed E-state index contributed by atoms with van der Waals surface area (Å²) in [5, 5.41) is 12.0. The number of aryl methyl sites for hydroxylation is 1. The first-order valence-corrected chi connectivity index (χ1v) is 8.02. The highest BCUT2D eigenvalue weighted by atomic mass is 32.2. The summed E-state index contributed by atoms with van der Waals surface area (Å²) in [4.78, 5) is 11.8. The molecule has 0 bridgehead atoms. The van der Waals surface area contributed by atoms with Gasteiger partial charge in [0.05, 0.1) is 17.6 Å². The molecule has 7 heteroatoms. The number of furan rings is 1. The first-order valence-electron chi connectivity index (χ1n) is 7.03. The summed E-state index contributed by atoms with van der Waals surface area (Å²) in [5.41, 5.74) is 0.896. The number of nitrogens with zero attached hydrogens (tertiary/aromatic N) is 3. The van der Waals surface area contributed by atoms with Crippen LogP contribution in [0.5, 0.6) is 0 Å². The van der Waals surface area contributed by atoms with Crippen molar-refractivity contribution in [1.29, 1.82) is 0 Å². The molecule has 0 aliphatic rings. The highest BCUT2D eigenvalue weighted by Crippen LogP contribution is 2.26. The van der Waals surface area contributed by atoms with Crippen LogP contribution in [0.4, 0.5) is 0 Å². The van der Waals surface area contributed by atoms with E-state index in [1.807, 2.05) is 31.4 Å². The highest BCUT2D eigenvalue weighted by Gasteiger charge is 2.17. The molecule has 0 unspecified atom stereocenters. The SMILES string of the molecule is C=CCn1c(SCC(=O)NC(C)C)nnc1-c1ccoc1C. The predicted molar refractivity (Wildman–Crippen MR) is 86.7 cm³/mol. The second kappa shape index (κ2) is 7.31. The first kappa shape index (κ1) is 16.4. The van der Waals surface area contributed by atoms with E-state index < -0.39 is 0 Å². The summed E-state index contributed by atoms with van der Waals surface area (Å²) in [6, 6.07) is 1.99. The van der Waals surface area contributed by atoms with Gasteiger partial charge >= 0.3 is 0 Å². The Bertz CT molecular complexity index is 660. The molecule has 2 aromatic rings. The largest absolute Gasteiger partial charge is 0.469 e. The summed E-state index contributed by atoms with van der Waals surface area (Å²) in [6.07, 6.45) is 3.40. The van der Waals surface area contributed by atoms with Gasteiger partial charge < -0.3 is 9.73 Å². The minimum atomic E-state index is -0.0193. The smallest absolute Gasteiger partial charge is 0.230 e. The van der Waals surface area contributed by atoms with Crippen LogP contribution < -0.4 is 5.32 Å². The molecule has 0 saturated heterocycles. The van der Waals surface area contributed by atoms with Gasteiger partial charge in [-0.1, -0.05) is 17.8 Å². The molecule has 0 saturated carbocycles. The summed E-state index contributed by atoms with van der Waals surface area (Å²) in [6.45, 7) is 10.1. The molecule has 118 valence electrons. The molecular formula is C15H20N4O2S. The van der Waals surface area contributed by atoms with Gasteiger partial charge in [-0.15, -0.1) is 16.8 Å². The van der Waals surface area contributed by atoms with E-state index in [4.69, 9.17) is 4.42 Å². The van der Waals surface area contributed by atoms with Crippen LogP contribution in [-0.2, 0) is 11.3 Å². The molecule has 1 amide bonds. The van der Waals surface area contributed by atoms with Crippen molar-refractivity contribution in [1.82, 2.24) is 20.1 Å². The number of nitrogens with one attached hydrogen (secondary N) is 1. The highest BCUT2D eigenvalue weighted by molar-refractivity contribution is 7.99. The van der Waals surface area contributed by atoms with E-state index >= 15 is 0 Å². The number of hydrogen-bond acceptors (Lipinski definition) is 5. The molecule has 0 atom stereocenters. The van der Waals surface area contributed by atoms with Crippen LogP contribution in [0.2, 0.25) is 0 Å². The van der Waals surface area contributed by atoms with Gasteiger partial charge in [0.25, 0.3) is 0 Å². The summed E-state index contributed by atoms with van der Waals surface area (Å²) >= 11 is 1.36. The minimum Gasteiger partial charge on any atom is -0.469 e. The Labute approximate surface area is 134 Å². The maximum Gasteiger partial charge on any atom is 0.230 e. The summed E-state index contributed by atoms with van der Waals surface area (Å²) < 4.78 is 7.25. The number of hydrogen-bond donors (Lipinski definition) is 1. The molecule has 0 radical (unpaired) electrons. The summed E-state index contributed by atoms with van der Waals surface area (Å²) in [5.74, 6) is 1.79. The van der Waals surface area contributed by atoms with Crippen LogP contribution in [0.3, 0.4) is 0 Å². The normalized spacial score (nSPS) is 10.9. The van der Waals surface area contributed by atoms with Crippen molar-refractivity contribution in [2.24, 2.45) is 0 Å².